The first-order valence-electron chi connectivity index (χ1n) is 8.98. The van der Waals surface area contributed by atoms with Crippen molar-refractivity contribution < 1.29 is 23.1 Å². The molecular formula is C20H21F2N3O3. The van der Waals surface area contributed by atoms with Gasteiger partial charge in [0.05, 0.1) is 5.92 Å². The minimum atomic E-state index is -2.89. The average Bonchev–Trinajstić information content (AvgIpc) is 2.70. The number of ether oxygens (including phenoxy) is 1. The summed E-state index contributed by atoms with van der Waals surface area (Å²) in [6, 6.07) is 14.6. The van der Waals surface area contributed by atoms with Crippen molar-refractivity contribution in [3.63, 3.8) is 0 Å². The van der Waals surface area contributed by atoms with Gasteiger partial charge in [0.2, 0.25) is 5.91 Å². The Hall–Kier alpha value is -3.16. The number of amides is 3. The van der Waals surface area contributed by atoms with Crippen molar-refractivity contribution in [3.05, 3.63) is 54.6 Å². The van der Waals surface area contributed by atoms with Gasteiger partial charge in [0.1, 0.15) is 5.75 Å². The van der Waals surface area contributed by atoms with Crippen LogP contribution in [0, 0.1) is 5.92 Å². The van der Waals surface area contributed by atoms with Crippen molar-refractivity contribution in [2.45, 2.75) is 19.5 Å². The average molecular weight is 389 g/mol. The zero-order valence-electron chi connectivity index (χ0n) is 15.1. The second-order valence-corrected chi connectivity index (χ2v) is 6.47. The third kappa shape index (κ3) is 5.42. The van der Waals surface area contributed by atoms with Gasteiger partial charge in [0.25, 0.3) is 0 Å². The van der Waals surface area contributed by atoms with E-state index in [1.807, 2.05) is 18.2 Å². The highest BCUT2D eigenvalue weighted by Crippen LogP contribution is 2.22. The number of anilines is 2. The number of benzene rings is 2. The molecule has 2 N–H and O–H groups in total. The van der Waals surface area contributed by atoms with Crippen molar-refractivity contribution in [1.82, 2.24) is 4.90 Å². The molecule has 0 aromatic heterocycles. The molecule has 1 atom stereocenters. The zero-order chi connectivity index (χ0) is 19.9. The van der Waals surface area contributed by atoms with Gasteiger partial charge >= 0.3 is 12.6 Å². The van der Waals surface area contributed by atoms with Crippen LogP contribution in [0.5, 0.6) is 5.75 Å². The first-order chi connectivity index (χ1) is 13.5. The first kappa shape index (κ1) is 19.6. The van der Waals surface area contributed by atoms with Crippen LogP contribution in [0.25, 0.3) is 0 Å². The maximum Gasteiger partial charge on any atom is 0.387 e. The molecule has 2 aromatic carbocycles. The lowest BCUT2D eigenvalue weighted by molar-refractivity contribution is -0.121. The Labute approximate surface area is 161 Å². The van der Waals surface area contributed by atoms with E-state index in [0.29, 0.717) is 30.9 Å². The maximum absolute atomic E-state index is 12.5. The zero-order valence-corrected chi connectivity index (χ0v) is 15.1. The number of piperidine rings is 1. The topological polar surface area (TPSA) is 70.7 Å². The van der Waals surface area contributed by atoms with Crippen LogP contribution in [-0.2, 0) is 4.79 Å². The summed E-state index contributed by atoms with van der Waals surface area (Å²) in [5.41, 5.74) is 1.18. The number of nitrogens with zero attached hydrogens (tertiary/aromatic N) is 1. The normalized spacial score (nSPS) is 16.5. The van der Waals surface area contributed by atoms with Crippen LogP contribution in [0.4, 0.5) is 25.0 Å². The molecule has 1 saturated heterocycles. The largest absolute Gasteiger partial charge is 0.435 e. The number of rotatable bonds is 5. The molecule has 0 saturated carbocycles. The maximum atomic E-state index is 12.5. The monoisotopic (exact) mass is 389 g/mol. The number of alkyl halides is 2. The standard InChI is InChI=1S/C20H21F2N3O3/c21-19(22)28-17-10-8-16(9-11-17)23-18(26)14-5-4-12-25(13-14)20(27)24-15-6-2-1-3-7-15/h1-3,6-11,14,19H,4-5,12-13H2,(H,23,26)(H,24,27)/t14-/m1/s1. The quantitative estimate of drug-likeness (QED) is 0.806. The molecule has 0 spiro atoms. The van der Waals surface area contributed by atoms with Crippen LogP contribution in [-0.4, -0.2) is 36.5 Å². The van der Waals surface area contributed by atoms with Crippen molar-refractivity contribution in [2.75, 3.05) is 23.7 Å². The summed E-state index contributed by atoms with van der Waals surface area (Å²) in [7, 11) is 0. The molecule has 0 unspecified atom stereocenters. The second kappa shape index (κ2) is 9.16. The third-order valence-corrected chi connectivity index (χ3v) is 4.45. The minimum absolute atomic E-state index is 0.0226. The van der Waals surface area contributed by atoms with Crippen LogP contribution in [0.3, 0.4) is 0 Å². The summed E-state index contributed by atoms with van der Waals surface area (Å²) in [6.45, 7) is -1.99. The number of halogens is 2. The smallest absolute Gasteiger partial charge is 0.387 e. The fourth-order valence-corrected chi connectivity index (χ4v) is 3.06. The summed E-state index contributed by atoms with van der Waals surface area (Å²) in [5.74, 6) is -0.526. The highest BCUT2D eigenvalue weighted by Gasteiger charge is 2.28. The van der Waals surface area contributed by atoms with E-state index in [9.17, 15) is 18.4 Å². The molecule has 1 heterocycles. The molecule has 0 aliphatic carbocycles. The predicted octanol–water partition coefficient (Wildman–Crippen LogP) is 4.17. The molecule has 2 aromatic rings. The Morgan fingerprint density at radius 1 is 1.00 bits per heavy atom. The van der Waals surface area contributed by atoms with Gasteiger partial charge < -0.3 is 20.3 Å². The van der Waals surface area contributed by atoms with Crippen molar-refractivity contribution in [2.24, 2.45) is 5.92 Å². The fraction of sp³-hybridized carbons (Fsp3) is 0.300. The Bertz CT molecular complexity index is 800. The molecule has 1 fully saturated rings. The first-order valence-corrected chi connectivity index (χ1v) is 8.98. The highest BCUT2D eigenvalue weighted by molar-refractivity contribution is 5.94. The number of urea groups is 1. The summed E-state index contributed by atoms with van der Waals surface area (Å²) in [5, 5.41) is 5.58. The molecular weight excluding hydrogens is 368 g/mol. The summed E-state index contributed by atoms with van der Waals surface area (Å²) in [4.78, 5) is 26.6. The predicted molar refractivity (Wildman–Crippen MR) is 101 cm³/mol. The van der Waals surface area contributed by atoms with Crippen LogP contribution in [0.2, 0.25) is 0 Å². The molecule has 28 heavy (non-hydrogen) atoms. The molecule has 3 amide bonds. The number of nitrogens with one attached hydrogen (secondary N) is 2. The number of carbonyl (C=O) groups excluding carboxylic acids is 2. The molecule has 1 aliphatic rings. The van der Waals surface area contributed by atoms with E-state index in [4.69, 9.17) is 0 Å². The Morgan fingerprint density at radius 2 is 1.68 bits per heavy atom. The molecule has 8 heteroatoms. The van der Waals surface area contributed by atoms with Crippen LogP contribution in [0.1, 0.15) is 12.8 Å². The van der Waals surface area contributed by atoms with Crippen LogP contribution >= 0.6 is 0 Å². The number of likely N-dealkylation sites (tertiary alicyclic amines) is 1. The lowest BCUT2D eigenvalue weighted by atomic mass is 9.97. The van der Waals surface area contributed by atoms with E-state index >= 15 is 0 Å². The van der Waals surface area contributed by atoms with E-state index in [-0.39, 0.29) is 23.6 Å². The fourth-order valence-electron chi connectivity index (χ4n) is 3.06. The Morgan fingerprint density at radius 3 is 2.36 bits per heavy atom. The van der Waals surface area contributed by atoms with Crippen molar-refractivity contribution in [3.8, 4) is 5.75 Å². The second-order valence-electron chi connectivity index (χ2n) is 6.47. The van der Waals surface area contributed by atoms with Crippen molar-refractivity contribution in [1.29, 1.82) is 0 Å². The molecule has 148 valence electrons. The van der Waals surface area contributed by atoms with E-state index in [1.165, 1.54) is 24.3 Å². The third-order valence-electron chi connectivity index (χ3n) is 4.45. The van der Waals surface area contributed by atoms with Crippen LogP contribution in [0.15, 0.2) is 54.6 Å². The van der Waals surface area contributed by atoms with Gasteiger partial charge in [0, 0.05) is 24.5 Å². The van der Waals surface area contributed by atoms with Gasteiger partial charge in [-0.15, -0.1) is 0 Å². The molecule has 6 nitrogen and oxygen atoms in total. The van der Waals surface area contributed by atoms with Gasteiger partial charge in [-0.05, 0) is 49.2 Å². The van der Waals surface area contributed by atoms with Gasteiger partial charge in [0.15, 0.2) is 0 Å². The van der Waals surface area contributed by atoms with Crippen LogP contribution < -0.4 is 15.4 Å². The van der Waals surface area contributed by atoms with Gasteiger partial charge in [-0.3, -0.25) is 4.79 Å². The highest BCUT2D eigenvalue weighted by atomic mass is 19.3. The number of carbonyl (C=O) groups is 2. The van der Waals surface area contributed by atoms with Gasteiger partial charge in [-0.25, -0.2) is 4.79 Å². The van der Waals surface area contributed by atoms with E-state index < -0.39 is 6.61 Å². The summed E-state index contributed by atoms with van der Waals surface area (Å²) >= 11 is 0. The SMILES string of the molecule is O=C(Nc1ccc(OC(F)F)cc1)[C@@H]1CCCN(C(=O)Nc2ccccc2)C1. The number of hydrogen-bond acceptors (Lipinski definition) is 3. The summed E-state index contributed by atoms with van der Waals surface area (Å²) in [6.07, 6.45) is 1.40. The lowest BCUT2D eigenvalue weighted by Gasteiger charge is -2.32. The number of para-hydroxylation sites is 1. The van der Waals surface area contributed by atoms with E-state index in [0.717, 1.165) is 6.42 Å². The Balaban J connectivity index is 1.54. The van der Waals surface area contributed by atoms with Gasteiger partial charge in [-0.1, -0.05) is 18.2 Å². The molecule has 0 bridgehead atoms. The number of hydrogen-bond donors (Lipinski definition) is 2. The Kier molecular flexibility index (Phi) is 6.41. The van der Waals surface area contributed by atoms with E-state index in [2.05, 4.69) is 15.4 Å². The van der Waals surface area contributed by atoms with Gasteiger partial charge in [-0.2, -0.15) is 8.78 Å². The van der Waals surface area contributed by atoms with E-state index in [1.54, 1.807) is 17.0 Å². The summed E-state index contributed by atoms with van der Waals surface area (Å²) < 4.78 is 28.7. The molecule has 1 aliphatic heterocycles. The lowest BCUT2D eigenvalue weighted by Crippen LogP contribution is -2.45. The molecule has 3 rings (SSSR count). The minimum Gasteiger partial charge on any atom is -0.435 e. The molecule has 0 radical (unpaired) electrons. The van der Waals surface area contributed by atoms with Crippen molar-refractivity contribution >= 4 is 23.3 Å².